The Kier molecular flexibility index (Phi) is 4.64. The van der Waals surface area contributed by atoms with Gasteiger partial charge in [-0.1, -0.05) is 5.16 Å². The molecule has 24 heavy (non-hydrogen) atoms. The summed E-state index contributed by atoms with van der Waals surface area (Å²) in [4.78, 5) is 22.7. The van der Waals surface area contributed by atoms with Crippen LogP contribution in [0.3, 0.4) is 0 Å². The minimum absolute atomic E-state index is 0.0729. The molecule has 128 valence electrons. The van der Waals surface area contributed by atoms with Crippen molar-refractivity contribution in [2.45, 2.75) is 32.8 Å². The molecule has 8 heteroatoms. The minimum atomic E-state index is -0.135. The Morgan fingerprint density at radius 2 is 2.12 bits per heavy atom. The van der Waals surface area contributed by atoms with Crippen molar-refractivity contribution in [3.63, 3.8) is 0 Å². The first-order chi connectivity index (χ1) is 11.6. The quantitative estimate of drug-likeness (QED) is 0.842. The minimum Gasteiger partial charge on any atom is -0.480 e. The maximum absolute atomic E-state index is 12.7. The van der Waals surface area contributed by atoms with Crippen LogP contribution in [-0.4, -0.2) is 52.2 Å². The maximum Gasteiger partial charge on any atom is 0.259 e. The van der Waals surface area contributed by atoms with Gasteiger partial charge in [0.1, 0.15) is 17.4 Å². The summed E-state index contributed by atoms with van der Waals surface area (Å²) in [6.45, 7) is 4.69. The maximum atomic E-state index is 12.7. The standard InChI is InChI=1S/C16H20N4O4/c1-10-15(11(2)24-19-10)16(21)20-6-4-5-12(9-20)23-14-8-17-7-13(18-14)22-3/h7-8,12H,4-6,9H2,1-3H3. The number of ether oxygens (including phenoxy) is 2. The number of nitrogens with zero attached hydrogens (tertiary/aromatic N) is 4. The second-order valence-corrected chi connectivity index (χ2v) is 5.73. The molecule has 0 radical (unpaired) electrons. The summed E-state index contributed by atoms with van der Waals surface area (Å²) in [6.07, 6.45) is 4.63. The van der Waals surface area contributed by atoms with E-state index in [-0.39, 0.29) is 12.0 Å². The van der Waals surface area contributed by atoms with Gasteiger partial charge in [0.15, 0.2) is 0 Å². The van der Waals surface area contributed by atoms with Crippen LogP contribution in [0.4, 0.5) is 0 Å². The van der Waals surface area contributed by atoms with Crippen LogP contribution in [0.25, 0.3) is 0 Å². The van der Waals surface area contributed by atoms with Crippen molar-refractivity contribution >= 4 is 5.91 Å². The number of hydrogen-bond acceptors (Lipinski definition) is 7. The molecule has 0 N–H and O–H groups in total. The summed E-state index contributed by atoms with van der Waals surface area (Å²) in [5.74, 6) is 1.26. The molecule has 0 spiro atoms. The zero-order chi connectivity index (χ0) is 17.1. The van der Waals surface area contributed by atoms with Crippen molar-refractivity contribution in [1.82, 2.24) is 20.0 Å². The number of likely N-dealkylation sites (tertiary alicyclic amines) is 1. The number of amides is 1. The van der Waals surface area contributed by atoms with Crippen LogP contribution in [0.15, 0.2) is 16.9 Å². The van der Waals surface area contributed by atoms with Crippen LogP contribution in [0, 0.1) is 13.8 Å². The van der Waals surface area contributed by atoms with Crippen LogP contribution in [-0.2, 0) is 0 Å². The van der Waals surface area contributed by atoms with Gasteiger partial charge in [0.25, 0.3) is 5.91 Å². The van der Waals surface area contributed by atoms with E-state index in [1.807, 2.05) is 0 Å². The number of carbonyl (C=O) groups is 1. The first-order valence-corrected chi connectivity index (χ1v) is 7.83. The number of methoxy groups -OCH3 is 1. The molecule has 1 fully saturated rings. The van der Waals surface area contributed by atoms with Crippen molar-refractivity contribution in [2.75, 3.05) is 20.2 Å². The highest BCUT2D eigenvalue weighted by molar-refractivity contribution is 5.96. The van der Waals surface area contributed by atoms with E-state index in [0.29, 0.717) is 41.9 Å². The first-order valence-electron chi connectivity index (χ1n) is 7.83. The number of hydrogen-bond donors (Lipinski definition) is 0. The fraction of sp³-hybridized carbons (Fsp3) is 0.500. The van der Waals surface area contributed by atoms with E-state index in [2.05, 4.69) is 15.1 Å². The van der Waals surface area contributed by atoms with Crippen molar-refractivity contribution in [3.8, 4) is 11.8 Å². The van der Waals surface area contributed by atoms with Gasteiger partial charge >= 0.3 is 0 Å². The van der Waals surface area contributed by atoms with E-state index in [9.17, 15) is 4.79 Å². The Bertz CT molecular complexity index is 711. The summed E-state index contributed by atoms with van der Waals surface area (Å²) in [5.41, 5.74) is 1.15. The van der Waals surface area contributed by atoms with E-state index < -0.39 is 0 Å². The molecule has 3 heterocycles. The first kappa shape index (κ1) is 16.2. The molecule has 2 aromatic rings. The molecule has 0 saturated carbocycles. The van der Waals surface area contributed by atoms with Gasteiger partial charge < -0.3 is 18.9 Å². The highest BCUT2D eigenvalue weighted by Gasteiger charge is 2.29. The summed E-state index contributed by atoms with van der Waals surface area (Å²) < 4.78 is 16.0. The van der Waals surface area contributed by atoms with Crippen LogP contribution in [0.1, 0.15) is 34.7 Å². The van der Waals surface area contributed by atoms with Crippen LogP contribution in [0.2, 0.25) is 0 Å². The molecule has 1 amide bonds. The highest BCUT2D eigenvalue weighted by Crippen LogP contribution is 2.21. The van der Waals surface area contributed by atoms with Crippen molar-refractivity contribution in [1.29, 1.82) is 0 Å². The number of rotatable bonds is 4. The van der Waals surface area contributed by atoms with Crippen LogP contribution >= 0.6 is 0 Å². The summed E-state index contributed by atoms with van der Waals surface area (Å²) >= 11 is 0. The van der Waals surface area contributed by atoms with Crippen LogP contribution < -0.4 is 9.47 Å². The molecule has 1 unspecified atom stereocenters. The lowest BCUT2D eigenvalue weighted by molar-refractivity contribution is 0.0523. The highest BCUT2D eigenvalue weighted by atomic mass is 16.5. The molecule has 0 bridgehead atoms. The lowest BCUT2D eigenvalue weighted by Gasteiger charge is -2.32. The molecule has 3 rings (SSSR count). The van der Waals surface area contributed by atoms with Gasteiger partial charge in [-0.05, 0) is 26.7 Å². The van der Waals surface area contributed by atoms with Gasteiger partial charge in [0.2, 0.25) is 11.8 Å². The zero-order valence-corrected chi connectivity index (χ0v) is 14.0. The normalized spacial score (nSPS) is 17.6. The lowest BCUT2D eigenvalue weighted by atomic mass is 10.1. The van der Waals surface area contributed by atoms with Crippen molar-refractivity contribution < 1.29 is 18.8 Å². The SMILES string of the molecule is COc1cncc(OC2CCCN(C(=O)c3c(C)noc3C)C2)n1. The molecule has 2 aromatic heterocycles. The topological polar surface area (TPSA) is 90.6 Å². The zero-order valence-electron chi connectivity index (χ0n) is 14.0. The average Bonchev–Trinajstić information content (AvgIpc) is 2.93. The Hall–Kier alpha value is -2.64. The van der Waals surface area contributed by atoms with Crippen molar-refractivity contribution in [3.05, 3.63) is 29.4 Å². The van der Waals surface area contributed by atoms with E-state index in [1.165, 1.54) is 19.5 Å². The number of carbonyl (C=O) groups excluding carboxylic acids is 1. The Labute approximate surface area is 139 Å². The van der Waals surface area contributed by atoms with Gasteiger partial charge in [-0.2, -0.15) is 4.98 Å². The van der Waals surface area contributed by atoms with Gasteiger partial charge in [-0.3, -0.25) is 9.78 Å². The molecule has 1 aliphatic heterocycles. The summed E-state index contributed by atoms with van der Waals surface area (Å²) in [7, 11) is 1.53. The van der Waals surface area contributed by atoms with Gasteiger partial charge in [0, 0.05) is 6.54 Å². The van der Waals surface area contributed by atoms with E-state index in [0.717, 1.165) is 12.8 Å². The van der Waals surface area contributed by atoms with E-state index >= 15 is 0 Å². The molecule has 1 aliphatic rings. The molecule has 1 atom stereocenters. The third kappa shape index (κ3) is 3.32. The molecule has 1 saturated heterocycles. The number of aryl methyl sites for hydroxylation is 2. The van der Waals surface area contributed by atoms with Crippen LogP contribution in [0.5, 0.6) is 11.8 Å². The molecule has 0 aliphatic carbocycles. The number of aromatic nitrogens is 3. The predicted molar refractivity (Wildman–Crippen MR) is 84.1 cm³/mol. The second kappa shape index (κ2) is 6.86. The fourth-order valence-electron chi connectivity index (χ4n) is 2.82. The average molecular weight is 332 g/mol. The van der Waals surface area contributed by atoms with Crippen molar-refractivity contribution in [2.24, 2.45) is 0 Å². The molecular weight excluding hydrogens is 312 g/mol. The second-order valence-electron chi connectivity index (χ2n) is 5.73. The lowest BCUT2D eigenvalue weighted by Crippen LogP contribution is -2.44. The van der Waals surface area contributed by atoms with Gasteiger partial charge in [-0.25, -0.2) is 0 Å². The van der Waals surface area contributed by atoms with Gasteiger partial charge in [0.05, 0.1) is 31.7 Å². The molecule has 8 nitrogen and oxygen atoms in total. The third-order valence-corrected chi connectivity index (χ3v) is 4.00. The van der Waals surface area contributed by atoms with E-state index in [1.54, 1.807) is 18.7 Å². The third-order valence-electron chi connectivity index (χ3n) is 4.00. The Morgan fingerprint density at radius 1 is 1.33 bits per heavy atom. The molecule has 0 aromatic carbocycles. The summed E-state index contributed by atoms with van der Waals surface area (Å²) in [6, 6.07) is 0. The Balaban J connectivity index is 1.69. The Morgan fingerprint density at radius 3 is 2.83 bits per heavy atom. The van der Waals surface area contributed by atoms with Gasteiger partial charge in [-0.15, -0.1) is 0 Å². The molecular formula is C16H20N4O4. The summed E-state index contributed by atoms with van der Waals surface area (Å²) in [5, 5.41) is 3.85. The number of piperidine rings is 1. The largest absolute Gasteiger partial charge is 0.480 e. The smallest absolute Gasteiger partial charge is 0.259 e. The fourth-order valence-corrected chi connectivity index (χ4v) is 2.82. The van der Waals surface area contributed by atoms with E-state index in [4.69, 9.17) is 14.0 Å². The monoisotopic (exact) mass is 332 g/mol. The predicted octanol–water partition coefficient (Wildman–Crippen LogP) is 1.77.